The van der Waals surface area contributed by atoms with E-state index in [0.717, 1.165) is 0 Å². The van der Waals surface area contributed by atoms with Crippen molar-refractivity contribution in [3.63, 3.8) is 0 Å². The molecule has 78 valence electrons. The second-order valence-corrected chi connectivity index (χ2v) is 3.48. The van der Waals surface area contributed by atoms with Gasteiger partial charge in [0.1, 0.15) is 0 Å². The predicted molar refractivity (Wildman–Crippen MR) is 45.3 cm³/mol. The third-order valence-corrected chi connectivity index (χ3v) is 2.28. The molecule has 1 aromatic heterocycles. The summed E-state index contributed by atoms with van der Waals surface area (Å²) in [7, 11) is 0. The Morgan fingerprint density at radius 2 is 2.21 bits per heavy atom. The Kier molecular flexibility index (Phi) is 3.28. The van der Waals surface area contributed by atoms with E-state index in [4.69, 9.17) is 5.11 Å². The van der Waals surface area contributed by atoms with Gasteiger partial charge in [-0.15, -0.1) is 0 Å². The van der Waals surface area contributed by atoms with Crippen LogP contribution in [0.5, 0.6) is 0 Å². The van der Waals surface area contributed by atoms with Gasteiger partial charge >= 0.3 is 6.18 Å². The first-order valence-corrected chi connectivity index (χ1v) is 4.65. The first kappa shape index (κ1) is 11.2. The average molecular weight is 224 g/mol. The normalized spacial score (nSPS) is 14.0. The topological polar surface area (TPSA) is 37.3 Å². The lowest BCUT2D eigenvalue weighted by atomic mass is 10.1. The molecule has 0 aliphatic carbocycles. The number of thiophene rings is 1. The highest BCUT2D eigenvalue weighted by Crippen LogP contribution is 2.23. The predicted octanol–water partition coefficient (Wildman–Crippen LogP) is 2.24. The SMILES string of the molecule is O=C(C[C@@H](O)C(F)(F)F)c1ccsc1. The zero-order valence-electron chi connectivity index (χ0n) is 6.91. The third kappa shape index (κ3) is 2.81. The van der Waals surface area contributed by atoms with Gasteiger partial charge in [-0.25, -0.2) is 0 Å². The van der Waals surface area contributed by atoms with Crippen molar-refractivity contribution in [2.45, 2.75) is 18.7 Å². The molecular weight excluding hydrogens is 217 g/mol. The summed E-state index contributed by atoms with van der Waals surface area (Å²) in [5, 5.41) is 11.7. The van der Waals surface area contributed by atoms with Crippen LogP contribution in [0.1, 0.15) is 16.8 Å². The quantitative estimate of drug-likeness (QED) is 0.799. The Morgan fingerprint density at radius 1 is 1.57 bits per heavy atom. The van der Waals surface area contributed by atoms with E-state index in [1.807, 2.05) is 0 Å². The Labute approximate surface area is 82.0 Å². The number of ketones is 1. The zero-order valence-corrected chi connectivity index (χ0v) is 7.73. The van der Waals surface area contributed by atoms with Crippen LogP contribution < -0.4 is 0 Å². The van der Waals surface area contributed by atoms with Crippen molar-refractivity contribution in [1.82, 2.24) is 0 Å². The molecule has 1 atom stereocenters. The van der Waals surface area contributed by atoms with Crippen molar-refractivity contribution in [3.05, 3.63) is 22.4 Å². The number of aliphatic hydroxyl groups excluding tert-OH is 1. The van der Waals surface area contributed by atoms with Crippen LogP contribution in [-0.2, 0) is 0 Å². The minimum Gasteiger partial charge on any atom is -0.383 e. The molecule has 0 amide bonds. The molecule has 0 fully saturated rings. The fourth-order valence-electron chi connectivity index (χ4n) is 0.832. The minimum atomic E-state index is -4.73. The lowest BCUT2D eigenvalue weighted by Gasteiger charge is -2.12. The molecule has 1 N–H and O–H groups in total. The summed E-state index contributed by atoms with van der Waals surface area (Å²) < 4.78 is 35.6. The summed E-state index contributed by atoms with van der Waals surface area (Å²) >= 11 is 1.22. The highest BCUT2D eigenvalue weighted by atomic mass is 32.1. The van der Waals surface area contributed by atoms with Gasteiger partial charge in [0.05, 0.1) is 0 Å². The molecule has 0 aliphatic rings. The van der Waals surface area contributed by atoms with Gasteiger partial charge in [-0.1, -0.05) is 0 Å². The van der Waals surface area contributed by atoms with Crippen molar-refractivity contribution in [2.75, 3.05) is 0 Å². The van der Waals surface area contributed by atoms with Gasteiger partial charge in [0.2, 0.25) is 0 Å². The summed E-state index contributed by atoms with van der Waals surface area (Å²) in [6.45, 7) is 0. The monoisotopic (exact) mass is 224 g/mol. The number of alkyl halides is 3. The number of carbonyl (C=O) groups is 1. The number of aliphatic hydroxyl groups is 1. The van der Waals surface area contributed by atoms with Crippen molar-refractivity contribution in [2.24, 2.45) is 0 Å². The van der Waals surface area contributed by atoms with E-state index in [1.165, 1.54) is 22.8 Å². The highest BCUT2D eigenvalue weighted by molar-refractivity contribution is 7.08. The molecule has 0 aliphatic heterocycles. The standard InChI is InChI=1S/C8H7F3O2S/c9-8(10,11)7(13)3-6(12)5-1-2-14-4-5/h1-2,4,7,13H,3H2/t7-/m1/s1. The number of carbonyl (C=O) groups excluding carboxylic acids is 1. The lowest BCUT2D eigenvalue weighted by Crippen LogP contribution is -2.30. The molecule has 1 heterocycles. The molecule has 2 nitrogen and oxygen atoms in total. The number of halogens is 3. The fourth-order valence-corrected chi connectivity index (χ4v) is 1.49. The second kappa shape index (κ2) is 4.10. The van der Waals surface area contributed by atoms with Gasteiger partial charge in [0.25, 0.3) is 0 Å². The van der Waals surface area contributed by atoms with E-state index in [2.05, 4.69) is 0 Å². The first-order valence-electron chi connectivity index (χ1n) is 3.71. The molecule has 0 spiro atoms. The second-order valence-electron chi connectivity index (χ2n) is 2.70. The van der Waals surface area contributed by atoms with Crippen LogP contribution in [0, 0.1) is 0 Å². The molecule has 0 unspecified atom stereocenters. The Balaban J connectivity index is 2.58. The largest absolute Gasteiger partial charge is 0.414 e. The lowest BCUT2D eigenvalue weighted by molar-refractivity contribution is -0.202. The summed E-state index contributed by atoms with van der Waals surface area (Å²) in [6.07, 6.45) is -8.22. The van der Waals surface area contributed by atoms with Crippen LogP contribution in [0.15, 0.2) is 16.8 Å². The van der Waals surface area contributed by atoms with Gasteiger partial charge < -0.3 is 5.11 Å². The van der Waals surface area contributed by atoms with Crippen LogP contribution in [0.4, 0.5) is 13.2 Å². The molecular formula is C8H7F3O2S. The summed E-state index contributed by atoms with van der Waals surface area (Å²) in [5.74, 6) is -0.698. The molecule has 0 aromatic carbocycles. The van der Waals surface area contributed by atoms with Gasteiger partial charge in [0, 0.05) is 17.4 Å². The molecule has 0 saturated carbocycles. The number of hydrogen-bond donors (Lipinski definition) is 1. The van der Waals surface area contributed by atoms with Crippen LogP contribution >= 0.6 is 11.3 Å². The van der Waals surface area contributed by atoms with Gasteiger partial charge in [0.15, 0.2) is 11.9 Å². The third-order valence-electron chi connectivity index (χ3n) is 1.60. The number of rotatable bonds is 3. The maximum atomic E-state index is 11.9. The Morgan fingerprint density at radius 3 is 2.64 bits per heavy atom. The van der Waals surface area contributed by atoms with Crippen molar-refractivity contribution >= 4 is 17.1 Å². The van der Waals surface area contributed by atoms with E-state index in [1.54, 1.807) is 5.38 Å². The molecule has 1 aromatic rings. The molecule has 0 saturated heterocycles. The van der Waals surface area contributed by atoms with E-state index in [-0.39, 0.29) is 5.56 Å². The fraction of sp³-hybridized carbons (Fsp3) is 0.375. The Bertz CT molecular complexity index is 305. The first-order chi connectivity index (χ1) is 6.41. The summed E-state index contributed by atoms with van der Waals surface area (Å²) in [5.41, 5.74) is 0.207. The van der Waals surface area contributed by atoms with Crippen molar-refractivity contribution < 1.29 is 23.1 Å². The van der Waals surface area contributed by atoms with Crippen LogP contribution in [0.3, 0.4) is 0 Å². The number of Topliss-reactive ketones (excluding diaryl/α,β-unsaturated/α-hetero) is 1. The molecule has 14 heavy (non-hydrogen) atoms. The zero-order chi connectivity index (χ0) is 10.8. The number of hydrogen-bond acceptors (Lipinski definition) is 3. The maximum Gasteiger partial charge on any atom is 0.414 e. The molecule has 6 heteroatoms. The minimum absolute atomic E-state index is 0.207. The van der Waals surface area contributed by atoms with E-state index < -0.39 is 24.5 Å². The Hall–Kier alpha value is -0.880. The smallest absolute Gasteiger partial charge is 0.383 e. The van der Waals surface area contributed by atoms with Crippen LogP contribution in [0.2, 0.25) is 0 Å². The van der Waals surface area contributed by atoms with Crippen LogP contribution in [0.25, 0.3) is 0 Å². The van der Waals surface area contributed by atoms with Gasteiger partial charge in [-0.2, -0.15) is 24.5 Å². The summed E-state index contributed by atoms with van der Waals surface area (Å²) in [6, 6.07) is 1.43. The van der Waals surface area contributed by atoms with E-state index in [9.17, 15) is 18.0 Å². The molecule has 1 rings (SSSR count). The highest BCUT2D eigenvalue weighted by Gasteiger charge is 2.39. The van der Waals surface area contributed by atoms with Crippen LogP contribution in [-0.4, -0.2) is 23.2 Å². The summed E-state index contributed by atoms with van der Waals surface area (Å²) in [4.78, 5) is 11.1. The average Bonchev–Trinajstić information content (AvgIpc) is 2.53. The van der Waals surface area contributed by atoms with Gasteiger partial charge in [-0.3, -0.25) is 4.79 Å². The van der Waals surface area contributed by atoms with Crippen molar-refractivity contribution in [1.29, 1.82) is 0 Å². The maximum absolute atomic E-state index is 11.9. The van der Waals surface area contributed by atoms with E-state index >= 15 is 0 Å². The molecule has 0 radical (unpaired) electrons. The van der Waals surface area contributed by atoms with Gasteiger partial charge in [-0.05, 0) is 11.4 Å². The molecule has 0 bridgehead atoms. The van der Waals surface area contributed by atoms with Crippen molar-refractivity contribution in [3.8, 4) is 0 Å². The van der Waals surface area contributed by atoms with E-state index in [0.29, 0.717) is 0 Å².